The second kappa shape index (κ2) is 12.1. The molecule has 8 nitrogen and oxygen atoms in total. The third-order valence-electron chi connectivity index (χ3n) is 6.75. The van der Waals surface area contributed by atoms with E-state index in [0.29, 0.717) is 17.9 Å². The smallest absolute Gasteiger partial charge is 0.247 e. The van der Waals surface area contributed by atoms with Gasteiger partial charge in [-0.3, -0.25) is 9.59 Å². The van der Waals surface area contributed by atoms with Crippen LogP contribution in [-0.2, 0) is 22.7 Å². The topological polar surface area (TPSA) is 93.0 Å². The summed E-state index contributed by atoms with van der Waals surface area (Å²) in [4.78, 5) is 31.5. The number of nitrogens with zero attached hydrogens (tertiary/aromatic N) is 5. The van der Waals surface area contributed by atoms with Crippen molar-refractivity contribution in [2.45, 2.75) is 57.3 Å². The Morgan fingerprint density at radius 1 is 1.03 bits per heavy atom. The summed E-state index contributed by atoms with van der Waals surface area (Å²) in [5, 5.41) is 17.5. The van der Waals surface area contributed by atoms with Gasteiger partial charge in [-0.15, -0.1) is 21.5 Å². The van der Waals surface area contributed by atoms with Crippen molar-refractivity contribution in [2.75, 3.05) is 0 Å². The van der Waals surface area contributed by atoms with E-state index in [1.165, 1.54) is 28.3 Å². The lowest BCUT2D eigenvalue weighted by Gasteiger charge is -2.39. The molecule has 0 spiro atoms. The third kappa shape index (κ3) is 6.13. The molecule has 0 radical (unpaired) electrons. The molecule has 2 aromatic carbocycles. The Balaban J connectivity index is 1.44. The molecule has 1 atom stereocenters. The fourth-order valence-electron chi connectivity index (χ4n) is 4.90. The highest BCUT2D eigenvalue weighted by molar-refractivity contribution is 7.13. The molecule has 2 aromatic heterocycles. The predicted molar refractivity (Wildman–Crippen MR) is 142 cm³/mol. The van der Waals surface area contributed by atoms with Crippen molar-refractivity contribution in [2.24, 2.45) is 0 Å². The molecule has 4 aromatic rings. The van der Waals surface area contributed by atoms with Crippen molar-refractivity contribution in [1.29, 1.82) is 0 Å². The van der Waals surface area contributed by atoms with Gasteiger partial charge in [0.05, 0.1) is 4.88 Å². The van der Waals surface area contributed by atoms with Crippen LogP contribution in [0.25, 0.3) is 10.7 Å². The summed E-state index contributed by atoms with van der Waals surface area (Å²) in [6, 6.07) is 18.1. The van der Waals surface area contributed by atoms with Gasteiger partial charge in [-0.2, -0.15) is 4.80 Å². The molecule has 38 heavy (non-hydrogen) atoms. The number of carbonyl (C=O) groups is 2. The number of halogens is 1. The van der Waals surface area contributed by atoms with Crippen LogP contribution in [0, 0.1) is 5.82 Å². The van der Waals surface area contributed by atoms with Gasteiger partial charge in [-0.05, 0) is 52.8 Å². The first-order valence-corrected chi connectivity index (χ1v) is 13.7. The molecule has 0 saturated heterocycles. The zero-order valence-electron chi connectivity index (χ0n) is 20.9. The highest BCUT2D eigenvalue weighted by Crippen LogP contribution is 2.31. The molecule has 0 unspecified atom stereocenters. The SMILES string of the molecule is O=C(NCc1ccccc1)[C@H](c1ccc(F)cc1)N(C(=O)Cn1nnc(-c2cccs2)n1)C1CCCCC1. The van der Waals surface area contributed by atoms with Gasteiger partial charge in [0, 0.05) is 12.6 Å². The largest absolute Gasteiger partial charge is 0.350 e. The van der Waals surface area contributed by atoms with Gasteiger partial charge >= 0.3 is 0 Å². The molecule has 196 valence electrons. The highest BCUT2D eigenvalue weighted by atomic mass is 32.1. The van der Waals surface area contributed by atoms with Gasteiger partial charge in [-0.25, -0.2) is 4.39 Å². The van der Waals surface area contributed by atoms with E-state index in [1.54, 1.807) is 17.0 Å². The summed E-state index contributed by atoms with van der Waals surface area (Å²) in [5.41, 5.74) is 1.50. The Morgan fingerprint density at radius 2 is 1.79 bits per heavy atom. The number of nitrogens with one attached hydrogen (secondary N) is 1. The van der Waals surface area contributed by atoms with E-state index < -0.39 is 11.9 Å². The molecule has 1 fully saturated rings. The van der Waals surface area contributed by atoms with Crippen LogP contribution in [-0.4, -0.2) is 43.0 Å². The van der Waals surface area contributed by atoms with Crippen molar-refractivity contribution in [1.82, 2.24) is 30.4 Å². The molecule has 0 aliphatic heterocycles. The molecule has 2 amide bonds. The molecular weight excluding hydrogens is 503 g/mol. The maximum Gasteiger partial charge on any atom is 0.247 e. The lowest BCUT2D eigenvalue weighted by atomic mass is 9.91. The number of thiophene rings is 1. The van der Waals surface area contributed by atoms with Crippen molar-refractivity contribution in [3.05, 3.63) is 89.1 Å². The fraction of sp³-hybridized carbons (Fsp3) is 0.321. The molecule has 10 heteroatoms. The minimum Gasteiger partial charge on any atom is -0.350 e. The Hall–Kier alpha value is -3.92. The molecule has 1 N–H and O–H groups in total. The van der Waals surface area contributed by atoms with E-state index in [0.717, 1.165) is 42.5 Å². The van der Waals surface area contributed by atoms with Crippen LogP contribution in [0.4, 0.5) is 4.39 Å². The van der Waals surface area contributed by atoms with Crippen molar-refractivity contribution in [3.8, 4) is 10.7 Å². The summed E-state index contributed by atoms with van der Waals surface area (Å²) in [5.74, 6) is -0.546. The van der Waals surface area contributed by atoms with E-state index in [9.17, 15) is 14.0 Å². The summed E-state index contributed by atoms with van der Waals surface area (Å²) >= 11 is 1.49. The van der Waals surface area contributed by atoms with Gasteiger partial charge < -0.3 is 10.2 Å². The number of carbonyl (C=O) groups excluding carboxylic acids is 2. The Kier molecular flexibility index (Phi) is 8.18. The van der Waals surface area contributed by atoms with Crippen molar-refractivity contribution < 1.29 is 14.0 Å². The molecule has 5 rings (SSSR count). The first kappa shape index (κ1) is 25.7. The Labute approximate surface area is 224 Å². The molecule has 1 aliphatic rings. The van der Waals surface area contributed by atoms with Gasteiger partial charge in [-0.1, -0.05) is 67.8 Å². The second-order valence-electron chi connectivity index (χ2n) is 9.37. The van der Waals surface area contributed by atoms with Gasteiger partial charge in [0.1, 0.15) is 18.4 Å². The van der Waals surface area contributed by atoms with Gasteiger partial charge in [0.25, 0.3) is 0 Å². The lowest BCUT2D eigenvalue weighted by molar-refractivity contribution is -0.145. The zero-order chi connectivity index (χ0) is 26.3. The van der Waals surface area contributed by atoms with Crippen LogP contribution in [0.1, 0.15) is 49.3 Å². The maximum absolute atomic E-state index is 13.9. The predicted octanol–water partition coefficient (Wildman–Crippen LogP) is 4.76. The van der Waals surface area contributed by atoms with Crippen LogP contribution in [0.15, 0.2) is 72.1 Å². The number of rotatable bonds is 9. The third-order valence-corrected chi connectivity index (χ3v) is 7.61. The minimum atomic E-state index is -0.921. The van der Waals surface area contributed by atoms with Crippen LogP contribution in [0.2, 0.25) is 0 Å². The van der Waals surface area contributed by atoms with E-state index in [1.807, 2.05) is 47.8 Å². The van der Waals surface area contributed by atoms with E-state index >= 15 is 0 Å². The zero-order valence-corrected chi connectivity index (χ0v) is 21.7. The lowest BCUT2D eigenvalue weighted by Crippen LogP contribution is -2.50. The quantitative estimate of drug-likeness (QED) is 0.336. The molecule has 0 bridgehead atoms. The minimum absolute atomic E-state index is 0.130. The van der Waals surface area contributed by atoms with E-state index in [2.05, 4.69) is 20.7 Å². The number of hydrogen-bond acceptors (Lipinski definition) is 6. The Morgan fingerprint density at radius 3 is 2.50 bits per heavy atom. The first-order valence-electron chi connectivity index (χ1n) is 12.8. The number of benzene rings is 2. The van der Waals surface area contributed by atoms with Crippen LogP contribution < -0.4 is 5.32 Å². The fourth-order valence-corrected chi connectivity index (χ4v) is 5.55. The molecule has 2 heterocycles. The number of aromatic nitrogens is 4. The summed E-state index contributed by atoms with van der Waals surface area (Å²) < 4.78 is 13.8. The molecular formula is C28H29FN6O2S. The number of hydrogen-bond donors (Lipinski definition) is 1. The normalized spacial score (nSPS) is 14.7. The average Bonchev–Trinajstić information content (AvgIpc) is 3.65. The highest BCUT2D eigenvalue weighted by Gasteiger charge is 2.37. The number of tetrazole rings is 1. The molecule has 1 aliphatic carbocycles. The Bertz CT molecular complexity index is 1340. The van der Waals surface area contributed by atoms with Crippen LogP contribution in [0.3, 0.4) is 0 Å². The average molecular weight is 533 g/mol. The first-order chi connectivity index (χ1) is 18.6. The maximum atomic E-state index is 13.9. The van der Waals surface area contributed by atoms with Crippen LogP contribution in [0.5, 0.6) is 0 Å². The standard InChI is InChI=1S/C28H29FN6O2S/c29-22-15-13-21(14-16-22)26(28(37)30-18-20-8-3-1-4-9-20)35(23-10-5-2-6-11-23)25(36)19-34-32-27(31-33-34)24-12-7-17-38-24/h1,3-4,7-9,12-17,23,26H,2,5-6,10-11,18-19H2,(H,30,37)/t26-/m0/s1. The number of amides is 2. The van der Waals surface area contributed by atoms with Gasteiger partial charge in [0.2, 0.25) is 17.6 Å². The summed E-state index contributed by atoms with van der Waals surface area (Å²) in [6.07, 6.45) is 4.62. The summed E-state index contributed by atoms with van der Waals surface area (Å²) in [6.45, 7) is 0.164. The van der Waals surface area contributed by atoms with Crippen LogP contribution >= 0.6 is 11.3 Å². The van der Waals surface area contributed by atoms with Gasteiger partial charge in [0.15, 0.2) is 0 Å². The monoisotopic (exact) mass is 532 g/mol. The van der Waals surface area contributed by atoms with E-state index in [-0.39, 0.29) is 24.4 Å². The molecule has 1 saturated carbocycles. The van der Waals surface area contributed by atoms with Crippen molar-refractivity contribution >= 4 is 23.2 Å². The van der Waals surface area contributed by atoms with E-state index in [4.69, 9.17) is 0 Å². The van der Waals surface area contributed by atoms with Crippen molar-refractivity contribution in [3.63, 3.8) is 0 Å². The second-order valence-corrected chi connectivity index (χ2v) is 10.3. The summed E-state index contributed by atoms with van der Waals surface area (Å²) in [7, 11) is 0.